The smallest absolute Gasteiger partial charge is 0.136 e. The Hall–Kier alpha value is -6.38. The van der Waals surface area contributed by atoms with Crippen molar-refractivity contribution < 1.29 is 4.42 Å². The Balaban J connectivity index is 1.18. The lowest BCUT2D eigenvalue weighted by Gasteiger charge is -2.26. The Morgan fingerprint density at radius 1 is 0.333 bits per heavy atom. The molecule has 2 heteroatoms. The van der Waals surface area contributed by atoms with E-state index < -0.39 is 0 Å². The summed E-state index contributed by atoms with van der Waals surface area (Å²) in [6.45, 7) is 0. The van der Waals surface area contributed by atoms with Gasteiger partial charge in [-0.25, -0.2) is 0 Å². The van der Waals surface area contributed by atoms with Crippen molar-refractivity contribution in [2.45, 2.75) is 0 Å². The zero-order valence-corrected chi connectivity index (χ0v) is 26.1. The second kappa shape index (κ2) is 10.6. The molecular formula is C46H29NO. The maximum Gasteiger partial charge on any atom is 0.136 e. The molecular weight excluding hydrogens is 583 g/mol. The van der Waals surface area contributed by atoms with E-state index in [0.717, 1.165) is 33.6 Å². The first-order chi connectivity index (χ1) is 23.8. The quantitative estimate of drug-likeness (QED) is 0.184. The van der Waals surface area contributed by atoms with Crippen LogP contribution in [0, 0.1) is 0 Å². The predicted octanol–water partition coefficient (Wildman–Crippen LogP) is 13.3. The fourth-order valence-corrected chi connectivity index (χ4v) is 7.68. The largest absolute Gasteiger partial charge is 0.456 e. The summed E-state index contributed by atoms with van der Waals surface area (Å²) in [5.74, 6) is 0. The number of para-hydroxylation sites is 2. The van der Waals surface area contributed by atoms with E-state index in [-0.39, 0.29) is 0 Å². The third kappa shape index (κ3) is 4.06. The molecule has 9 aromatic carbocycles. The van der Waals surface area contributed by atoms with Crippen molar-refractivity contribution in [2.24, 2.45) is 0 Å². The molecule has 0 unspecified atom stereocenters. The minimum absolute atomic E-state index is 0.922. The predicted molar refractivity (Wildman–Crippen MR) is 204 cm³/mol. The fraction of sp³-hybridized carbons (Fsp3) is 0. The van der Waals surface area contributed by atoms with Gasteiger partial charge in [0.2, 0.25) is 0 Å². The molecule has 0 aliphatic carbocycles. The van der Waals surface area contributed by atoms with Crippen LogP contribution < -0.4 is 4.90 Å². The van der Waals surface area contributed by atoms with E-state index in [4.69, 9.17) is 4.42 Å². The van der Waals surface area contributed by atoms with Crippen molar-refractivity contribution in [3.63, 3.8) is 0 Å². The molecule has 224 valence electrons. The van der Waals surface area contributed by atoms with Crippen molar-refractivity contribution in [1.29, 1.82) is 0 Å². The molecule has 1 heterocycles. The molecule has 0 spiro atoms. The number of hydrogen-bond acceptors (Lipinski definition) is 2. The van der Waals surface area contributed by atoms with Gasteiger partial charge in [-0.2, -0.15) is 0 Å². The number of hydrogen-bond donors (Lipinski definition) is 0. The molecule has 0 fully saturated rings. The zero-order valence-electron chi connectivity index (χ0n) is 26.1. The van der Waals surface area contributed by atoms with Crippen LogP contribution in [0.5, 0.6) is 0 Å². The molecule has 0 saturated heterocycles. The van der Waals surface area contributed by atoms with E-state index in [9.17, 15) is 0 Å². The highest BCUT2D eigenvalue weighted by Crippen LogP contribution is 2.45. The van der Waals surface area contributed by atoms with Crippen molar-refractivity contribution in [1.82, 2.24) is 0 Å². The number of nitrogens with zero attached hydrogens (tertiary/aromatic N) is 1. The fourth-order valence-electron chi connectivity index (χ4n) is 7.68. The van der Waals surface area contributed by atoms with Gasteiger partial charge in [-0.1, -0.05) is 121 Å². The third-order valence-electron chi connectivity index (χ3n) is 9.81. The monoisotopic (exact) mass is 611 g/mol. The second-order valence-corrected chi connectivity index (χ2v) is 12.5. The molecule has 48 heavy (non-hydrogen) atoms. The molecule has 0 amide bonds. The molecule has 0 aliphatic heterocycles. The number of rotatable bonds is 4. The Kier molecular flexibility index (Phi) is 5.91. The highest BCUT2D eigenvalue weighted by atomic mass is 16.3. The Bertz CT molecular complexity index is 2800. The van der Waals surface area contributed by atoms with Gasteiger partial charge in [-0.3, -0.25) is 0 Å². The van der Waals surface area contributed by atoms with Crippen molar-refractivity contribution in [3.05, 3.63) is 176 Å². The van der Waals surface area contributed by atoms with Crippen molar-refractivity contribution in [2.75, 3.05) is 4.90 Å². The third-order valence-corrected chi connectivity index (χ3v) is 9.81. The molecule has 10 aromatic rings. The van der Waals surface area contributed by atoms with Gasteiger partial charge in [0.1, 0.15) is 11.2 Å². The summed E-state index contributed by atoms with van der Waals surface area (Å²) in [4.78, 5) is 2.34. The number of furan rings is 1. The number of benzene rings is 9. The molecule has 0 aliphatic rings. The minimum atomic E-state index is 0.922. The standard InChI is InChI=1S/C46H29NO/c1-2-13-33(14-3-1)47(35-26-21-30-11-4-5-12-32(30)29-35)34-24-22-31(23-25-34)36-18-10-19-38-40-27-28-43-46(41-17-8-9-20-42(41)48-43)45(40)39-16-7-6-15-37(39)44(36)38/h1-29H. The summed E-state index contributed by atoms with van der Waals surface area (Å²) >= 11 is 0. The molecule has 0 bridgehead atoms. The lowest BCUT2D eigenvalue weighted by atomic mass is 9.88. The van der Waals surface area contributed by atoms with Crippen LogP contribution in [-0.4, -0.2) is 0 Å². The van der Waals surface area contributed by atoms with Crippen LogP contribution in [0.2, 0.25) is 0 Å². The normalized spacial score (nSPS) is 11.8. The van der Waals surface area contributed by atoms with E-state index in [1.54, 1.807) is 0 Å². The molecule has 0 atom stereocenters. The van der Waals surface area contributed by atoms with Crippen LogP contribution in [0.25, 0.3) is 76.2 Å². The maximum absolute atomic E-state index is 6.33. The van der Waals surface area contributed by atoms with Crippen LogP contribution in [0.1, 0.15) is 0 Å². The summed E-state index contributed by atoms with van der Waals surface area (Å²) in [5, 5.41) is 12.3. The lowest BCUT2D eigenvalue weighted by molar-refractivity contribution is 0.669. The van der Waals surface area contributed by atoms with Crippen LogP contribution in [-0.2, 0) is 0 Å². The van der Waals surface area contributed by atoms with E-state index in [1.165, 1.54) is 59.6 Å². The van der Waals surface area contributed by atoms with Gasteiger partial charge in [0.15, 0.2) is 0 Å². The van der Waals surface area contributed by atoms with Crippen molar-refractivity contribution >= 4 is 82.1 Å². The highest BCUT2D eigenvalue weighted by Gasteiger charge is 2.18. The maximum atomic E-state index is 6.33. The van der Waals surface area contributed by atoms with Gasteiger partial charge < -0.3 is 9.32 Å². The van der Waals surface area contributed by atoms with E-state index in [0.29, 0.717) is 0 Å². The molecule has 0 N–H and O–H groups in total. The van der Waals surface area contributed by atoms with Crippen LogP contribution >= 0.6 is 0 Å². The molecule has 0 radical (unpaired) electrons. The Morgan fingerprint density at radius 3 is 1.75 bits per heavy atom. The van der Waals surface area contributed by atoms with Gasteiger partial charge in [-0.15, -0.1) is 0 Å². The van der Waals surface area contributed by atoms with E-state index in [1.807, 2.05) is 6.07 Å². The van der Waals surface area contributed by atoms with Crippen LogP contribution in [0.15, 0.2) is 180 Å². The van der Waals surface area contributed by atoms with Gasteiger partial charge in [0.05, 0.1) is 0 Å². The first-order valence-corrected chi connectivity index (χ1v) is 16.4. The van der Waals surface area contributed by atoms with Crippen molar-refractivity contribution in [3.8, 4) is 11.1 Å². The number of anilines is 3. The number of fused-ring (bicyclic) bond motifs is 11. The molecule has 10 rings (SSSR count). The van der Waals surface area contributed by atoms with E-state index >= 15 is 0 Å². The topological polar surface area (TPSA) is 16.4 Å². The Morgan fingerprint density at radius 2 is 0.938 bits per heavy atom. The highest BCUT2D eigenvalue weighted by molar-refractivity contribution is 6.36. The van der Waals surface area contributed by atoms with E-state index in [2.05, 4.69) is 175 Å². The zero-order chi connectivity index (χ0) is 31.6. The second-order valence-electron chi connectivity index (χ2n) is 12.5. The van der Waals surface area contributed by atoms with Crippen LogP contribution in [0.4, 0.5) is 17.1 Å². The molecule has 1 aromatic heterocycles. The summed E-state index contributed by atoms with van der Waals surface area (Å²) in [6, 6.07) is 63.2. The first-order valence-electron chi connectivity index (χ1n) is 16.4. The van der Waals surface area contributed by atoms with Crippen LogP contribution in [0.3, 0.4) is 0 Å². The molecule has 0 saturated carbocycles. The average molecular weight is 612 g/mol. The minimum Gasteiger partial charge on any atom is -0.456 e. The van der Waals surface area contributed by atoms with Gasteiger partial charge >= 0.3 is 0 Å². The van der Waals surface area contributed by atoms with Gasteiger partial charge in [0.25, 0.3) is 0 Å². The van der Waals surface area contributed by atoms with Gasteiger partial charge in [-0.05, 0) is 103 Å². The molecule has 2 nitrogen and oxygen atoms in total. The average Bonchev–Trinajstić information content (AvgIpc) is 3.54. The van der Waals surface area contributed by atoms with Gasteiger partial charge in [0, 0.05) is 33.2 Å². The summed E-state index contributed by atoms with van der Waals surface area (Å²) < 4.78 is 6.33. The Labute approximate surface area is 277 Å². The summed E-state index contributed by atoms with van der Waals surface area (Å²) in [7, 11) is 0. The first kappa shape index (κ1) is 26.8. The summed E-state index contributed by atoms with van der Waals surface area (Å²) in [6.07, 6.45) is 0. The lowest BCUT2D eigenvalue weighted by Crippen LogP contribution is -2.09. The SMILES string of the molecule is c1ccc(N(c2ccc(-c3cccc4c5ccc6oc7ccccc7c6c5c5ccccc5c34)cc2)c2ccc3ccccc3c2)cc1. The summed E-state index contributed by atoms with van der Waals surface area (Å²) in [5.41, 5.74) is 7.64.